The van der Waals surface area contributed by atoms with Crippen LogP contribution < -0.4 is 61.0 Å². The molecule has 1 heterocycles. The lowest BCUT2D eigenvalue weighted by molar-refractivity contribution is -0.141. The molecule has 0 bridgehead atoms. The van der Waals surface area contributed by atoms with Gasteiger partial charge in [0, 0.05) is 105 Å². The van der Waals surface area contributed by atoms with Gasteiger partial charge in [0.05, 0.1) is 24.5 Å². The monoisotopic (exact) mass is 1450 g/mol. The van der Waals surface area contributed by atoms with Crippen molar-refractivity contribution in [1.82, 2.24) is 31.6 Å². The molecule has 19 N–H and O–H groups in total. The number of H-pyrrole nitrogens is 1. The molecule has 27 heteroatoms. The van der Waals surface area contributed by atoms with E-state index in [-0.39, 0.29) is 110 Å². The number of nitrogens with two attached hydrogens (primary N) is 6. The van der Waals surface area contributed by atoms with Crippen molar-refractivity contribution in [3.8, 4) is 0 Å². The number of para-hydroxylation sites is 1. The molecule has 2 aromatic rings. The van der Waals surface area contributed by atoms with Crippen LogP contribution in [0.3, 0.4) is 0 Å². The molecule has 0 saturated carbocycles. The molecule has 0 fully saturated rings. The van der Waals surface area contributed by atoms with E-state index in [4.69, 9.17) is 34.4 Å². The standard InChI is InChI=1S/C41H66N8O6S.C34H64N6O6/c1-6-25(2)32(38(43)53)23-36(51)27(4)48-39(54)29(16-19-56-5)22-37(52)34(20-30-24-47-33-15-8-7-14-31(30)33)49-40(55)28(13-9-10-17-42)21-35(50)26(3)12-11-18-46-41(44)45;1-5-6-7-8-9-10-11-12-13-14-15-16-17-20-30(42)39-28(24-31(43)44)33(46)40-27(19-18-21-38-34(35)36)29(41)23-26(22-25(2)3)32(45)37-4/h7-8,14-15,24-29,32,34,47H,6,9-13,16-23,42H2,1-5H3,(H2,43,53)(H,48,54)(H,49,55)(H4,44,45,46);25-28H,5-24H2,1-4H3,(H,37,45)(H,39,42)(H,40,46)(H,43,44)(H4,35,36,38)/t25-,26-,27-,28+,29+,32-,34-;26-,27+,28+/m01/s1. The number of nitrogens with one attached hydrogen (secondary N) is 6. The summed E-state index contributed by atoms with van der Waals surface area (Å²) in [6, 6.07) is 3.41. The van der Waals surface area contributed by atoms with Crippen molar-refractivity contribution < 1.29 is 57.8 Å². The van der Waals surface area contributed by atoms with Crippen LogP contribution in [0.15, 0.2) is 40.4 Å². The summed E-state index contributed by atoms with van der Waals surface area (Å²) in [4.78, 5) is 155. The molecular formula is C75H130N14O12S. The number of ketones is 4. The van der Waals surface area contributed by atoms with Crippen LogP contribution in [0.5, 0.6) is 0 Å². The van der Waals surface area contributed by atoms with Crippen LogP contribution in [0.2, 0.25) is 0 Å². The SMILES string of the molecule is CCCCCCCCCCCCCCCC(=O)N[C@@H](CC(=O)O)C(=O)N[C@@H](CCCN=C(N)N)C(=O)C[C@@H](CC(C)C)C(=O)NC.CC[C@H](C)[C@H](CC(=O)[C@H](C)NC(=O)[C@H](CCSC)CC(=O)[C@H](Cc1c[nH]c2ccccc12)NC(=O)[C@H](CCCCN)CC(=O)[C@@H](C)CCCN=C(N)N)C(N)=O. The lowest BCUT2D eigenvalue weighted by atomic mass is 9.85. The van der Waals surface area contributed by atoms with Crippen molar-refractivity contribution in [3.63, 3.8) is 0 Å². The van der Waals surface area contributed by atoms with Crippen molar-refractivity contribution in [2.45, 2.75) is 265 Å². The second-order valence-corrected chi connectivity index (χ2v) is 28.9. The number of primary amides is 1. The molecule has 1 aromatic heterocycles. The first-order chi connectivity index (χ1) is 48.5. The van der Waals surface area contributed by atoms with E-state index in [1.165, 1.54) is 76.6 Å². The molecule has 0 aliphatic carbocycles. The molecule has 102 heavy (non-hydrogen) atoms. The number of hydrogen-bond acceptors (Lipinski definition) is 15. The molecule has 2 rings (SSSR count). The van der Waals surface area contributed by atoms with Gasteiger partial charge in [0.2, 0.25) is 35.4 Å². The third kappa shape index (κ3) is 40.4. The number of carbonyl (C=O) groups is 11. The minimum Gasteiger partial charge on any atom is -0.481 e. The van der Waals surface area contributed by atoms with E-state index in [0.29, 0.717) is 83.1 Å². The first kappa shape index (κ1) is 92.6. The number of rotatable bonds is 58. The average Bonchev–Trinajstić information content (AvgIpc) is 1.56. The molecule has 10 atom stereocenters. The fourth-order valence-corrected chi connectivity index (χ4v) is 12.8. The Kier molecular flexibility index (Phi) is 49.3. The minimum absolute atomic E-state index is 0.00613. The zero-order chi connectivity index (χ0) is 76.5. The molecule has 0 radical (unpaired) electrons. The predicted octanol–water partition coefficient (Wildman–Crippen LogP) is 7.86. The first-order valence-corrected chi connectivity index (χ1v) is 38.8. The summed E-state index contributed by atoms with van der Waals surface area (Å²) >= 11 is 1.53. The van der Waals surface area contributed by atoms with Crippen molar-refractivity contribution in [2.75, 3.05) is 38.7 Å². The van der Waals surface area contributed by atoms with Crippen molar-refractivity contribution in [2.24, 2.45) is 85.8 Å². The second-order valence-electron chi connectivity index (χ2n) is 27.9. The number of aliphatic carboxylic acids is 1. The fourth-order valence-electron chi connectivity index (χ4n) is 12.3. The number of aromatic nitrogens is 1. The van der Waals surface area contributed by atoms with Crippen molar-refractivity contribution in [3.05, 3.63) is 36.0 Å². The Bertz CT molecular complexity index is 2920. The Morgan fingerprint density at radius 3 is 1.64 bits per heavy atom. The maximum atomic E-state index is 14.3. The number of aliphatic imine (C=N–C) groups is 2. The van der Waals surface area contributed by atoms with Gasteiger partial charge in [0.25, 0.3) is 0 Å². The minimum atomic E-state index is -1.34. The molecule has 1 aromatic carbocycles. The van der Waals surface area contributed by atoms with Gasteiger partial charge in [-0.3, -0.25) is 62.7 Å². The smallest absolute Gasteiger partial charge is 0.305 e. The van der Waals surface area contributed by atoms with Gasteiger partial charge in [-0.15, -0.1) is 0 Å². The first-order valence-electron chi connectivity index (χ1n) is 37.4. The van der Waals surface area contributed by atoms with Crippen molar-refractivity contribution in [1.29, 1.82) is 0 Å². The highest BCUT2D eigenvalue weighted by Crippen LogP contribution is 2.26. The number of unbranched alkanes of at least 4 members (excludes halogenated alkanes) is 13. The number of benzene rings is 1. The number of carboxylic acid groups (broad SMARTS) is 1. The number of thioether (sulfide) groups is 1. The summed E-state index contributed by atoms with van der Waals surface area (Å²) in [6.45, 7) is 14.4. The Hall–Kier alpha value is -7.42. The molecule has 6 amide bonds. The number of carboxylic acids is 1. The van der Waals surface area contributed by atoms with Gasteiger partial charge >= 0.3 is 5.97 Å². The zero-order valence-corrected chi connectivity index (χ0v) is 63.8. The average molecular weight is 1450 g/mol. The fraction of sp³-hybridized carbons (Fsp3) is 0.720. The lowest BCUT2D eigenvalue weighted by Crippen LogP contribution is -2.52. The number of carbonyl (C=O) groups excluding carboxylic acids is 10. The van der Waals surface area contributed by atoms with Gasteiger partial charge in [-0.2, -0.15) is 11.8 Å². The maximum Gasteiger partial charge on any atom is 0.305 e. The molecule has 26 nitrogen and oxygen atoms in total. The molecule has 0 unspecified atom stereocenters. The summed E-state index contributed by atoms with van der Waals surface area (Å²) < 4.78 is 0. The summed E-state index contributed by atoms with van der Waals surface area (Å²) in [7, 11) is 1.51. The molecular weight excluding hydrogens is 1320 g/mol. The number of amides is 6. The molecule has 578 valence electrons. The quantitative estimate of drug-likeness (QED) is 0.0170. The number of fused-ring (bicyclic) bond motifs is 1. The van der Waals surface area contributed by atoms with Gasteiger partial charge in [-0.05, 0) is 107 Å². The predicted molar refractivity (Wildman–Crippen MR) is 407 cm³/mol. The Morgan fingerprint density at radius 1 is 0.549 bits per heavy atom. The molecule has 0 spiro atoms. The van der Waals surface area contributed by atoms with E-state index in [1.54, 1.807) is 6.92 Å². The van der Waals surface area contributed by atoms with Crippen LogP contribution in [0, 0.1) is 41.4 Å². The summed E-state index contributed by atoms with van der Waals surface area (Å²) in [6.07, 6.45) is 23.3. The molecule has 0 saturated heterocycles. The largest absolute Gasteiger partial charge is 0.481 e. The number of aromatic amines is 1. The van der Waals surface area contributed by atoms with Gasteiger partial charge in [-0.1, -0.05) is 150 Å². The lowest BCUT2D eigenvalue weighted by Gasteiger charge is -2.25. The van der Waals surface area contributed by atoms with Crippen molar-refractivity contribution >= 4 is 99.1 Å². The third-order valence-corrected chi connectivity index (χ3v) is 19.4. The van der Waals surface area contributed by atoms with Gasteiger partial charge < -0.3 is 71.1 Å². The highest BCUT2D eigenvalue weighted by molar-refractivity contribution is 7.98. The summed E-state index contributed by atoms with van der Waals surface area (Å²) in [5.74, 6) is -7.67. The Morgan fingerprint density at radius 2 is 1.09 bits per heavy atom. The van der Waals surface area contributed by atoms with E-state index >= 15 is 0 Å². The van der Waals surface area contributed by atoms with Crippen LogP contribution in [0.1, 0.15) is 240 Å². The number of hydrogen-bond donors (Lipinski definition) is 13. The van der Waals surface area contributed by atoms with E-state index in [2.05, 4.69) is 48.5 Å². The summed E-state index contributed by atoms with van der Waals surface area (Å²) in [5.41, 5.74) is 34.7. The second kappa shape index (κ2) is 54.3. The van der Waals surface area contributed by atoms with E-state index in [0.717, 1.165) is 35.7 Å². The topological polar surface area (TPSA) is 465 Å². The molecule has 0 aliphatic rings. The number of guanidine groups is 2. The van der Waals surface area contributed by atoms with Gasteiger partial charge in [0.1, 0.15) is 11.8 Å². The number of nitrogens with zero attached hydrogens (tertiary/aromatic N) is 2. The Balaban J connectivity index is 0.00000104. The highest BCUT2D eigenvalue weighted by Gasteiger charge is 2.35. The summed E-state index contributed by atoms with van der Waals surface area (Å²) in [5, 5.41) is 23.9. The third-order valence-electron chi connectivity index (χ3n) is 18.7. The van der Waals surface area contributed by atoms with Crippen LogP contribution in [0.25, 0.3) is 10.9 Å². The Labute approximate surface area is 611 Å². The zero-order valence-electron chi connectivity index (χ0n) is 63.0. The normalized spacial score (nSPS) is 14.1. The van der Waals surface area contributed by atoms with Crippen LogP contribution in [-0.2, 0) is 59.2 Å². The van der Waals surface area contributed by atoms with E-state index < -0.39 is 89.8 Å². The van der Waals surface area contributed by atoms with Gasteiger partial charge in [-0.25, -0.2) is 0 Å². The van der Waals surface area contributed by atoms with E-state index in [9.17, 15) is 57.8 Å². The van der Waals surface area contributed by atoms with Crippen LogP contribution >= 0.6 is 11.8 Å². The van der Waals surface area contributed by atoms with Crippen LogP contribution in [-0.4, -0.2) is 149 Å². The number of Topliss-reactive ketones (excluding diaryl/α,β-unsaturated/α-hetero) is 4. The van der Waals surface area contributed by atoms with Crippen LogP contribution in [0.4, 0.5) is 0 Å². The van der Waals surface area contributed by atoms with Gasteiger partial charge in [0.15, 0.2) is 29.3 Å². The highest BCUT2D eigenvalue weighted by atomic mass is 32.2. The molecule has 0 aliphatic heterocycles. The maximum absolute atomic E-state index is 14.3. The van der Waals surface area contributed by atoms with E-state index in [1.807, 2.05) is 71.3 Å².